The second-order valence-electron chi connectivity index (χ2n) is 3.81. The lowest BCUT2D eigenvalue weighted by atomic mass is 10.2. The van der Waals surface area contributed by atoms with Gasteiger partial charge in [0.25, 0.3) is 0 Å². The molecule has 19 heavy (non-hydrogen) atoms. The van der Waals surface area contributed by atoms with Gasteiger partial charge in [-0.2, -0.15) is 4.98 Å². The molecule has 0 aliphatic rings. The third kappa shape index (κ3) is 2.88. The van der Waals surface area contributed by atoms with Gasteiger partial charge in [0.15, 0.2) is 5.82 Å². The van der Waals surface area contributed by atoms with Crippen LogP contribution in [0.2, 0.25) is 0 Å². The number of rotatable bonds is 4. The fourth-order valence-electron chi connectivity index (χ4n) is 1.47. The predicted octanol–water partition coefficient (Wildman–Crippen LogP) is 0.578. The van der Waals surface area contributed by atoms with Crippen LogP contribution in [0.3, 0.4) is 0 Å². The zero-order valence-electron chi connectivity index (χ0n) is 9.92. The van der Waals surface area contributed by atoms with E-state index in [0.717, 1.165) is 18.5 Å². The number of aryl methyl sites for hydroxylation is 1. The molecule has 1 aromatic carbocycles. The molecule has 0 spiro atoms. The highest BCUT2D eigenvalue weighted by atomic mass is 32.2. The molecular weight excluding hydrogens is 275 g/mol. The van der Waals surface area contributed by atoms with Crippen LogP contribution in [0.4, 0.5) is 10.1 Å². The number of hydrogen-bond donors (Lipinski definition) is 2. The first-order chi connectivity index (χ1) is 8.90. The first-order valence-corrected chi connectivity index (χ1v) is 6.69. The van der Waals surface area contributed by atoms with Crippen molar-refractivity contribution in [3.8, 4) is 0 Å². The van der Waals surface area contributed by atoms with Crippen molar-refractivity contribution in [3.05, 3.63) is 35.7 Å². The molecule has 0 saturated carbocycles. The summed E-state index contributed by atoms with van der Waals surface area (Å²) >= 11 is 0. The second-order valence-corrected chi connectivity index (χ2v) is 5.55. The van der Waals surface area contributed by atoms with E-state index in [0.29, 0.717) is 0 Å². The van der Waals surface area contributed by atoms with Gasteiger partial charge >= 0.3 is 0 Å². The molecule has 9 heteroatoms. The van der Waals surface area contributed by atoms with Crippen LogP contribution in [0.5, 0.6) is 0 Å². The Morgan fingerprint density at radius 3 is 2.84 bits per heavy atom. The number of halogens is 1. The summed E-state index contributed by atoms with van der Waals surface area (Å²) in [6.45, 7) is 1.35. The number of anilines is 1. The van der Waals surface area contributed by atoms with Crippen molar-refractivity contribution in [1.29, 1.82) is 0 Å². The van der Waals surface area contributed by atoms with E-state index in [2.05, 4.69) is 19.4 Å². The average molecular weight is 286 g/mol. The summed E-state index contributed by atoms with van der Waals surface area (Å²) < 4.78 is 44.0. The first-order valence-electron chi connectivity index (χ1n) is 5.20. The highest BCUT2D eigenvalue weighted by Gasteiger charge is 2.19. The number of aromatic nitrogens is 2. The largest absolute Gasteiger partial charge is 0.396 e. The normalized spacial score (nSPS) is 11.7. The van der Waals surface area contributed by atoms with E-state index in [9.17, 15) is 12.8 Å². The molecule has 0 saturated heterocycles. The van der Waals surface area contributed by atoms with Crippen molar-refractivity contribution >= 4 is 15.7 Å². The maximum absolute atomic E-state index is 13.2. The Morgan fingerprint density at radius 2 is 2.21 bits per heavy atom. The molecule has 0 amide bonds. The predicted molar refractivity (Wildman–Crippen MR) is 63.9 cm³/mol. The van der Waals surface area contributed by atoms with Crippen molar-refractivity contribution in [2.75, 3.05) is 5.73 Å². The Labute approximate surface area is 108 Å². The minimum atomic E-state index is -3.82. The lowest BCUT2D eigenvalue weighted by Gasteiger charge is -2.09. The maximum Gasteiger partial charge on any atom is 0.241 e. The first kappa shape index (κ1) is 13.4. The molecular formula is C10H11FN4O3S. The minimum absolute atomic E-state index is 0.0881. The maximum atomic E-state index is 13.2. The van der Waals surface area contributed by atoms with Crippen molar-refractivity contribution in [2.45, 2.75) is 18.4 Å². The number of benzene rings is 1. The van der Waals surface area contributed by atoms with Crippen molar-refractivity contribution in [1.82, 2.24) is 14.9 Å². The van der Waals surface area contributed by atoms with Gasteiger partial charge in [-0.15, -0.1) is 0 Å². The molecule has 0 fully saturated rings. The fraction of sp³-hybridized carbons (Fsp3) is 0.200. The minimum Gasteiger partial charge on any atom is -0.396 e. The Balaban J connectivity index is 2.27. The summed E-state index contributed by atoms with van der Waals surface area (Å²) in [5, 5.41) is 3.47. The zero-order chi connectivity index (χ0) is 14.0. The summed E-state index contributed by atoms with van der Waals surface area (Å²) in [7, 11) is -3.82. The van der Waals surface area contributed by atoms with Gasteiger partial charge in [-0.05, 0) is 24.6 Å². The SMILES string of the molecule is Cc1cc(F)c(N)cc1S(=O)(=O)NCc1ncon1. The molecule has 2 rings (SSSR count). The van der Waals surface area contributed by atoms with Gasteiger partial charge in [0, 0.05) is 0 Å². The van der Waals surface area contributed by atoms with Crippen LogP contribution in [0.25, 0.3) is 0 Å². The molecule has 7 nitrogen and oxygen atoms in total. The molecule has 102 valence electrons. The third-order valence-corrected chi connectivity index (χ3v) is 3.95. The summed E-state index contributed by atoms with van der Waals surface area (Å²) in [5.74, 6) is -0.467. The van der Waals surface area contributed by atoms with E-state index >= 15 is 0 Å². The monoisotopic (exact) mass is 286 g/mol. The number of hydrogen-bond acceptors (Lipinski definition) is 6. The van der Waals surface area contributed by atoms with Crippen LogP contribution in [-0.4, -0.2) is 18.6 Å². The summed E-state index contributed by atoms with van der Waals surface area (Å²) in [5.41, 5.74) is 5.40. The van der Waals surface area contributed by atoms with Gasteiger partial charge in [-0.3, -0.25) is 0 Å². The molecule has 1 heterocycles. The molecule has 0 bridgehead atoms. The van der Waals surface area contributed by atoms with E-state index in [1.165, 1.54) is 6.92 Å². The van der Waals surface area contributed by atoms with Crippen LogP contribution in [0.15, 0.2) is 27.9 Å². The van der Waals surface area contributed by atoms with Crippen molar-refractivity contribution in [3.63, 3.8) is 0 Å². The molecule has 0 aliphatic heterocycles. The molecule has 0 radical (unpaired) electrons. The Morgan fingerprint density at radius 1 is 1.47 bits per heavy atom. The van der Waals surface area contributed by atoms with Gasteiger partial charge in [0.05, 0.1) is 17.1 Å². The van der Waals surface area contributed by atoms with E-state index in [1.54, 1.807) is 0 Å². The van der Waals surface area contributed by atoms with E-state index in [-0.39, 0.29) is 28.5 Å². The average Bonchev–Trinajstić information content (AvgIpc) is 2.84. The molecule has 0 unspecified atom stereocenters. The van der Waals surface area contributed by atoms with Gasteiger partial charge < -0.3 is 10.3 Å². The molecule has 0 aliphatic carbocycles. The third-order valence-electron chi connectivity index (χ3n) is 2.41. The van der Waals surface area contributed by atoms with Crippen LogP contribution in [0, 0.1) is 12.7 Å². The molecule has 0 atom stereocenters. The highest BCUT2D eigenvalue weighted by Crippen LogP contribution is 2.21. The number of nitrogens with zero attached hydrogens (tertiary/aromatic N) is 2. The number of nitrogen functional groups attached to an aromatic ring is 1. The molecule has 1 aromatic heterocycles. The van der Waals surface area contributed by atoms with Gasteiger partial charge in [-0.25, -0.2) is 17.5 Å². The van der Waals surface area contributed by atoms with E-state index in [4.69, 9.17) is 5.73 Å². The van der Waals surface area contributed by atoms with Crippen LogP contribution >= 0.6 is 0 Å². The lowest BCUT2D eigenvalue weighted by Crippen LogP contribution is -2.24. The van der Waals surface area contributed by atoms with Gasteiger partial charge in [0.1, 0.15) is 5.82 Å². The lowest BCUT2D eigenvalue weighted by molar-refractivity contribution is 0.409. The van der Waals surface area contributed by atoms with E-state index < -0.39 is 15.8 Å². The number of sulfonamides is 1. The smallest absolute Gasteiger partial charge is 0.241 e. The highest BCUT2D eigenvalue weighted by molar-refractivity contribution is 7.89. The van der Waals surface area contributed by atoms with Gasteiger partial charge in [-0.1, -0.05) is 5.16 Å². The molecule has 3 N–H and O–H groups in total. The fourth-order valence-corrected chi connectivity index (χ4v) is 2.71. The van der Waals surface area contributed by atoms with Gasteiger partial charge in [0.2, 0.25) is 16.4 Å². The van der Waals surface area contributed by atoms with Crippen molar-refractivity contribution in [2.24, 2.45) is 0 Å². The Kier molecular flexibility index (Phi) is 3.49. The topological polar surface area (TPSA) is 111 Å². The molecule has 2 aromatic rings. The zero-order valence-corrected chi connectivity index (χ0v) is 10.7. The van der Waals surface area contributed by atoms with E-state index in [1.807, 2.05) is 0 Å². The number of nitrogens with two attached hydrogens (primary N) is 1. The van der Waals surface area contributed by atoms with Crippen LogP contribution in [0.1, 0.15) is 11.4 Å². The quantitative estimate of drug-likeness (QED) is 0.795. The summed E-state index contributed by atoms with van der Waals surface area (Å²) in [6, 6.07) is 2.14. The Bertz CT molecular complexity index is 685. The summed E-state index contributed by atoms with van der Waals surface area (Å²) in [6.07, 6.45) is 1.09. The van der Waals surface area contributed by atoms with Crippen LogP contribution in [-0.2, 0) is 16.6 Å². The summed E-state index contributed by atoms with van der Waals surface area (Å²) in [4.78, 5) is 3.59. The Hall–Kier alpha value is -2.00. The number of nitrogens with one attached hydrogen (secondary N) is 1. The van der Waals surface area contributed by atoms with Crippen molar-refractivity contribution < 1.29 is 17.3 Å². The standard InChI is InChI=1S/C10H11FN4O3S/c1-6-2-7(11)8(12)3-9(6)19(16,17)14-4-10-13-5-18-15-10/h2-3,5,14H,4,12H2,1H3. The second kappa shape index (κ2) is 4.94. The van der Waals surface area contributed by atoms with Crippen LogP contribution < -0.4 is 10.5 Å².